The van der Waals surface area contributed by atoms with Crippen molar-refractivity contribution in [2.45, 2.75) is 17.8 Å². The van der Waals surface area contributed by atoms with Crippen LogP contribution < -0.4 is 0 Å². The van der Waals surface area contributed by atoms with Gasteiger partial charge in [0.25, 0.3) is 0 Å². The molecule has 0 saturated heterocycles. The highest BCUT2D eigenvalue weighted by molar-refractivity contribution is 7.87. The molecule has 1 N–H and O–H groups in total. The van der Waals surface area contributed by atoms with Gasteiger partial charge < -0.3 is 0 Å². The fraction of sp³-hybridized carbons (Fsp3) is 0.300. The van der Waals surface area contributed by atoms with E-state index in [9.17, 15) is 34.8 Å². The number of alkyl halides is 6. The molecule has 0 heterocycles. The first-order chi connectivity index (χ1) is 9.36. The molecule has 0 aliphatic heterocycles. The van der Waals surface area contributed by atoms with Crippen LogP contribution in [0.15, 0.2) is 30.3 Å². The van der Waals surface area contributed by atoms with E-state index in [1.54, 1.807) is 0 Å². The topological polar surface area (TPSA) is 67.2 Å². The minimum absolute atomic E-state index is 0.548. The zero-order valence-electron chi connectivity index (χ0n) is 9.86. The molecule has 0 saturated carbocycles. The summed E-state index contributed by atoms with van der Waals surface area (Å²) in [5.74, 6) is 0. The molecule has 0 radical (unpaired) electrons. The Balaban J connectivity index is 3.26. The van der Waals surface area contributed by atoms with Crippen LogP contribution in [0, 0.1) is 5.41 Å². The SMILES string of the molecule is N=C(C(OS(=O)(=O)C(F)(F)F)c1ccccc1)C(F)(F)F. The Hall–Kier alpha value is -1.62. The van der Waals surface area contributed by atoms with Crippen LogP contribution in [0.25, 0.3) is 0 Å². The quantitative estimate of drug-likeness (QED) is 0.398. The van der Waals surface area contributed by atoms with E-state index in [1.807, 2.05) is 0 Å². The third-order valence-corrected chi connectivity index (χ3v) is 3.19. The lowest BCUT2D eigenvalue weighted by molar-refractivity contribution is -0.0715. The van der Waals surface area contributed by atoms with E-state index in [2.05, 4.69) is 4.18 Å². The number of benzene rings is 1. The van der Waals surface area contributed by atoms with Gasteiger partial charge in [-0.15, -0.1) is 0 Å². The van der Waals surface area contributed by atoms with Crippen molar-refractivity contribution in [2.24, 2.45) is 0 Å². The van der Waals surface area contributed by atoms with Crippen LogP contribution in [0.1, 0.15) is 11.7 Å². The minimum atomic E-state index is -6.29. The maximum Gasteiger partial charge on any atom is 0.523 e. The van der Waals surface area contributed by atoms with E-state index in [4.69, 9.17) is 5.41 Å². The van der Waals surface area contributed by atoms with E-state index in [0.717, 1.165) is 24.3 Å². The van der Waals surface area contributed by atoms with Crippen LogP contribution in [0.4, 0.5) is 26.3 Å². The number of hydrogen-bond acceptors (Lipinski definition) is 4. The number of nitrogens with one attached hydrogen (secondary N) is 1. The number of halogens is 6. The van der Waals surface area contributed by atoms with E-state index in [1.165, 1.54) is 6.07 Å². The van der Waals surface area contributed by atoms with Gasteiger partial charge in [-0.1, -0.05) is 30.3 Å². The van der Waals surface area contributed by atoms with E-state index < -0.39 is 39.2 Å². The van der Waals surface area contributed by atoms with Gasteiger partial charge >= 0.3 is 21.8 Å². The molecule has 0 aromatic heterocycles. The van der Waals surface area contributed by atoms with Gasteiger partial charge in [0.15, 0.2) is 0 Å². The van der Waals surface area contributed by atoms with Crippen LogP contribution in [-0.4, -0.2) is 25.8 Å². The lowest BCUT2D eigenvalue weighted by Crippen LogP contribution is -2.35. The van der Waals surface area contributed by atoms with Crippen molar-refractivity contribution in [3.63, 3.8) is 0 Å². The standard InChI is InChI=1S/C10H7F6NO3S/c11-9(12,13)8(17)7(6-4-2-1-3-5-6)20-21(18,19)10(14,15)16/h1-5,7,17H. The highest BCUT2D eigenvalue weighted by Gasteiger charge is 2.51. The first-order valence-electron chi connectivity index (χ1n) is 5.06. The Morgan fingerprint density at radius 1 is 1.05 bits per heavy atom. The van der Waals surface area contributed by atoms with Crippen molar-refractivity contribution in [1.82, 2.24) is 0 Å². The maximum absolute atomic E-state index is 12.5. The molecule has 4 nitrogen and oxygen atoms in total. The Morgan fingerprint density at radius 3 is 1.90 bits per heavy atom. The summed E-state index contributed by atoms with van der Waals surface area (Å²) < 4.78 is 99.3. The van der Waals surface area contributed by atoms with Crippen molar-refractivity contribution in [2.75, 3.05) is 0 Å². The van der Waals surface area contributed by atoms with Crippen molar-refractivity contribution in [3.05, 3.63) is 35.9 Å². The lowest BCUT2D eigenvalue weighted by Gasteiger charge is -2.21. The summed E-state index contributed by atoms with van der Waals surface area (Å²) in [6.07, 6.45) is -8.08. The van der Waals surface area contributed by atoms with Crippen molar-refractivity contribution >= 4 is 15.8 Å². The molecule has 1 atom stereocenters. The molecule has 0 amide bonds. The monoisotopic (exact) mass is 335 g/mol. The molecule has 0 aliphatic rings. The number of rotatable bonds is 4. The molecule has 0 fully saturated rings. The summed E-state index contributed by atoms with van der Waals surface area (Å²) in [5, 5.41) is 6.84. The molecule has 1 aromatic rings. The van der Waals surface area contributed by atoms with Crippen LogP contribution in [-0.2, 0) is 14.3 Å². The van der Waals surface area contributed by atoms with Gasteiger partial charge in [0.2, 0.25) is 0 Å². The third-order valence-electron chi connectivity index (χ3n) is 2.18. The minimum Gasteiger partial charge on any atom is -0.298 e. The Labute approximate surface area is 115 Å². The summed E-state index contributed by atoms with van der Waals surface area (Å²) in [7, 11) is -6.29. The van der Waals surface area contributed by atoms with Crippen LogP contribution in [0.3, 0.4) is 0 Å². The van der Waals surface area contributed by atoms with E-state index >= 15 is 0 Å². The van der Waals surface area contributed by atoms with Gasteiger partial charge in [0.1, 0.15) is 11.8 Å². The van der Waals surface area contributed by atoms with Crippen molar-refractivity contribution < 1.29 is 38.9 Å². The fourth-order valence-corrected chi connectivity index (χ4v) is 1.80. The summed E-state index contributed by atoms with van der Waals surface area (Å²) in [5.41, 5.74) is -8.71. The highest BCUT2D eigenvalue weighted by atomic mass is 32.2. The van der Waals surface area contributed by atoms with Gasteiger partial charge in [-0.2, -0.15) is 34.8 Å². The summed E-state index contributed by atoms with van der Waals surface area (Å²) in [6, 6.07) is 5.49. The van der Waals surface area contributed by atoms with Crippen LogP contribution in [0.2, 0.25) is 0 Å². The summed E-state index contributed by atoms with van der Waals surface area (Å²) >= 11 is 0. The molecule has 1 rings (SSSR count). The smallest absolute Gasteiger partial charge is 0.298 e. The van der Waals surface area contributed by atoms with Gasteiger partial charge in [0, 0.05) is 0 Å². The van der Waals surface area contributed by atoms with Crippen LogP contribution in [0.5, 0.6) is 0 Å². The predicted octanol–water partition coefficient (Wildman–Crippen LogP) is 3.18. The molecule has 1 aromatic carbocycles. The van der Waals surface area contributed by atoms with E-state index in [0.29, 0.717) is 0 Å². The molecule has 0 spiro atoms. The van der Waals surface area contributed by atoms with Gasteiger partial charge in [0.05, 0.1) is 0 Å². The van der Waals surface area contributed by atoms with Crippen molar-refractivity contribution in [3.8, 4) is 0 Å². The molecular weight excluding hydrogens is 328 g/mol. The maximum atomic E-state index is 12.5. The summed E-state index contributed by atoms with van der Waals surface area (Å²) in [6.45, 7) is 0. The Morgan fingerprint density at radius 2 is 1.52 bits per heavy atom. The molecule has 0 aliphatic carbocycles. The third kappa shape index (κ3) is 4.17. The predicted molar refractivity (Wildman–Crippen MR) is 59.0 cm³/mol. The Bertz CT molecular complexity index is 608. The second-order valence-corrected chi connectivity index (χ2v) is 5.26. The molecular formula is C10H7F6NO3S. The first-order valence-corrected chi connectivity index (χ1v) is 6.47. The second kappa shape index (κ2) is 5.64. The second-order valence-electron chi connectivity index (χ2n) is 3.70. The number of hydrogen-bond donors (Lipinski definition) is 1. The van der Waals surface area contributed by atoms with Gasteiger partial charge in [-0.25, -0.2) is 4.18 Å². The first kappa shape index (κ1) is 17.4. The van der Waals surface area contributed by atoms with Crippen molar-refractivity contribution in [1.29, 1.82) is 5.41 Å². The van der Waals surface area contributed by atoms with Gasteiger partial charge in [-0.05, 0) is 5.56 Å². The zero-order chi connectivity index (χ0) is 16.5. The largest absolute Gasteiger partial charge is 0.523 e. The van der Waals surface area contributed by atoms with Gasteiger partial charge in [-0.3, -0.25) is 5.41 Å². The molecule has 1 unspecified atom stereocenters. The summed E-state index contributed by atoms with van der Waals surface area (Å²) in [4.78, 5) is 0. The lowest BCUT2D eigenvalue weighted by atomic mass is 10.1. The van der Waals surface area contributed by atoms with Crippen LogP contribution >= 0.6 is 0 Å². The Kier molecular flexibility index (Phi) is 4.68. The molecule has 118 valence electrons. The molecule has 11 heteroatoms. The average Bonchev–Trinajstić information content (AvgIpc) is 2.33. The average molecular weight is 335 g/mol. The highest BCUT2D eigenvalue weighted by Crippen LogP contribution is 2.34. The molecule has 0 bridgehead atoms. The zero-order valence-corrected chi connectivity index (χ0v) is 10.7. The molecule has 21 heavy (non-hydrogen) atoms. The van der Waals surface area contributed by atoms with E-state index in [-0.39, 0.29) is 0 Å². The fourth-order valence-electron chi connectivity index (χ4n) is 1.23. The normalized spacial score (nSPS) is 14.8.